The summed E-state index contributed by atoms with van der Waals surface area (Å²) < 4.78 is 11.4. The van der Waals surface area contributed by atoms with Crippen LogP contribution in [0.4, 0.5) is 0 Å². The second-order valence-electron chi connectivity index (χ2n) is 4.17. The summed E-state index contributed by atoms with van der Waals surface area (Å²) in [5.74, 6) is 0. The van der Waals surface area contributed by atoms with Crippen LogP contribution >= 0.6 is 0 Å². The van der Waals surface area contributed by atoms with Crippen molar-refractivity contribution >= 4 is 9.28 Å². The van der Waals surface area contributed by atoms with Crippen molar-refractivity contribution < 1.29 is 8.85 Å². The van der Waals surface area contributed by atoms with Crippen molar-refractivity contribution in [3.05, 3.63) is 0 Å². The van der Waals surface area contributed by atoms with E-state index >= 15 is 0 Å². The van der Waals surface area contributed by atoms with E-state index in [1.165, 1.54) is 0 Å². The zero-order valence-electron chi connectivity index (χ0n) is 10.9. The highest BCUT2D eigenvalue weighted by Crippen LogP contribution is 2.19. The van der Waals surface area contributed by atoms with Gasteiger partial charge in [-0.15, -0.1) is 0 Å². The molecule has 0 aromatic carbocycles. The van der Waals surface area contributed by atoms with Gasteiger partial charge in [-0.1, -0.05) is 6.92 Å². The van der Waals surface area contributed by atoms with Crippen LogP contribution in [0, 0.1) is 0 Å². The van der Waals surface area contributed by atoms with Gasteiger partial charge in [-0.3, -0.25) is 0 Å². The van der Waals surface area contributed by atoms with Crippen molar-refractivity contribution in [2.75, 3.05) is 19.8 Å². The van der Waals surface area contributed by atoms with E-state index in [-0.39, 0.29) is 6.04 Å². The van der Waals surface area contributed by atoms with E-state index in [1.807, 2.05) is 13.8 Å². The summed E-state index contributed by atoms with van der Waals surface area (Å²) >= 11 is 0. The Morgan fingerprint density at radius 1 is 1.06 bits per heavy atom. The molecule has 0 bridgehead atoms. The van der Waals surface area contributed by atoms with E-state index in [4.69, 9.17) is 20.3 Å². The van der Waals surface area contributed by atoms with Gasteiger partial charge in [-0.05, 0) is 45.2 Å². The lowest BCUT2D eigenvalue weighted by molar-refractivity contribution is 0.203. The summed E-state index contributed by atoms with van der Waals surface area (Å²) in [5.41, 5.74) is 11.9. The van der Waals surface area contributed by atoms with E-state index < -0.39 is 9.28 Å². The van der Waals surface area contributed by atoms with E-state index in [2.05, 4.69) is 6.92 Å². The summed E-state index contributed by atoms with van der Waals surface area (Å²) in [6, 6.07) is 0.227. The standard InChI is InChI=1S/C11H28N2O2Si/c1-4-14-16(15-5-2)10(3)6-7-11(13)8-9-12/h10-11,16H,4-9,12-13H2,1-3H3. The van der Waals surface area contributed by atoms with Crippen molar-refractivity contribution in [3.8, 4) is 0 Å². The van der Waals surface area contributed by atoms with Crippen LogP contribution < -0.4 is 11.5 Å². The molecular weight excluding hydrogens is 220 g/mol. The van der Waals surface area contributed by atoms with Crippen LogP contribution in [0.5, 0.6) is 0 Å². The van der Waals surface area contributed by atoms with E-state index in [0.29, 0.717) is 12.1 Å². The third-order valence-electron chi connectivity index (χ3n) is 2.66. The summed E-state index contributed by atoms with van der Waals surface area (Å²) in [4.78, 5) is 0. The first-order valence-electron chi connectivity index (χ1n) is 6.34. The maximum Gasteiger partial charge on any atom is 0.324 e. The number of hydrogen-bond donors (Lipinski definition) is 2. The minimum atomic E-state index is -1.49. The lowest BCUT2D eigenvalue weighted by Crippen LogP contribution is -2.30. The summed E-state index contributed by atoms with van der Waals surface area (Å²) in [7, 11) is -1.49. The minimum absolute atomic E-state index is 0.227. The van der Waals surface area contributed by atoms with Crippen LogP contribution in [-0.4, -0.2) is 35.1 Å². The number of hydrogen-bond acceptors (Lipinski definition) is 4. The zero-order chi connectivity index (χ0) is 12.4. The van der Waals surface area contributed by atoms with Gasteiger partial charge in [0, 0.05) is 19.3 Å². The molecule has 16 heavy (non-hydrogen) atoms. The molecule has 0 saturated carbocycles. The molecule has 0 aliphatic rings. The molecule has 4 nitrogen and oxygen atoms in total. The maximum atomic E-state index is 5.93. The van der Waals surface area contributed by atoms with E-state index in [1.54, 1.807) is 0 Å². The Hall–Kier alpha value is 0.0569. The SMILES string of the molecule is CCO[SiH](OCC)C(C)CCC(N)CCN. The van der Waals surface area contributed by atoms with E-state index in [9.17, 15) is 0 Å². The molecule has 0 spiro atoms. The second kappa shape index (κ2) is 10.2. The normalized spacial score (nSPS) is 15.4. The highest BCUT2D eigenvalue weighted by atomic mass is 28.3. The van der Waals surface area contributed by atoms with Gasteiger partial charge in [-0.2, -0.15) is 0 Å². The maximum absolute atomic E-state index is 5.93. The first-order chi connectivity index (χ1) is 7.65. The third-order valence-corrected chi connectivity index (χ3v) is 5.24. The van der Waals surface area contributed by atoms with Crippen LogP contribution in [0.15, 0.2) is 0 Å². The molecule has 2 unspecified atom stereocenters. The van der Waals surface area contributed by atoms with Crippen molar-refractivity contribution in [2.24, 2.45) is 11.5 Å². The molecular formula is C11H28N2O2Si. The molecule has 98 valence electrons. The smallest absolute Gasteiger partial charge is 0.324 e. The lowest BCUT2D eigenvalue weighted by Gasteiger charge is -2.22. The fraction of sp³-hybridized carbons (Fsp3) is 1.00. The van der Waals surface area contributed by atoms with Crippen LogP contribution in [0.3, 0.4) is 0 Å². The lowest BCUT2D eigenvalue weighted by atomic mass is 10.1. The Labute approximate surface area is 102 Å². The van der Waals surface area contributed by atoms with Gasteiger partial charge >= 0.3 is 9.28 Å². The Morgan fingerprint density at radius 3 is 2.06 bits per heavy atom. The first-order valence-corrected chi connectivity index (χ1v) is 7.95. The molecule has 4 N–H and O–H groups in total. The van der Waals surface area contributed by atoms with Crippen molar-refractivity contribution in [1.29, 1.82) is 0 Å². The molecule has 0 saturated heterocycles. The third kappa shape index (κ3) is 7.35. The minimum Gasteiger partial charge on any atom is -0.397 e. The fourth-order valence-corrected chi connectivity index (χ4v) is 3.55. The zero-order valence-corrected chi connectivity index (χ0v) is 12.1. The molecule has 0 aliphatic carbocycles. The molecule has 0 rings (SSSR count). The molecule has 2 atom stereocenters. The van der Waals surface area contributed by atoms with Crippen molar-refractivity contribution in [1.82, 2.24) is 0 Å². The van der Waals surface area contributed by atoms with Crippen LogP contribution in [0.2, 0.25) is 5.54 Å². The van der Waals surface area contributed by atoms with Crippen LogP contribution in [0.25, 0.3) is 0 Å². The van der Waals surface area contributed by atoms with Gasteiger partial charge in [0.15, 0.2) is 0 Å². The van der Waals surface area contributed by atoms with Gasteiger partial charge in [0.05, 0.1) is 0 Å². The summed E-state index contributed by atoms with van der Waals surface area (Å²) in [6.07, 6.45) is 3.00. The molecule has 0 amide bonds. The predicted molar refractivity (Wildman–Crippen MR) is 70.7 cm³/mol. The largest absolute Gasteiger partial charge is 0.397 e. The first kappa shape index (κ1) is 16.1. The monoisotopic (exact) mass is 248 g/mol. The van der Waals surface area contributed by atoms with Crippen LogP contribution in [-0.2, 0) is 8.85 Å². The average Bonchev–Trinajstić information content (AvgIpc) is 2.26. The van der Waals surface area contributed by atoms with Gasteiger partial charge in [0.2, 0.25) is 0 Å². The summed E-state index contributed by atoms with van der Waals surface area (Å²) in [6.45, 7) is 8.41. The fourth-order valence-electron chi connectivity index (χ4n) is 1.68. The quantitative estimate of drug-likeness (QED) is 0.569. The Kier molecular flexibility index (Phi) is 10.3. The number of rotatable bonds is 10. The van der Waals surface area contributed by atoms with Gasteiger partial charge < -0.3 is 20.3 Å². The highest BCUT2D eigenvalue weighted by Gasteiger charge is 2.21. The molecule has 0 radical (unpaired) electrons. The van der Waals surface area contributed by atoms with E-state index in [0.717, 1.165) is 32.5 Å². The second-order valence-corrected chi connectivity index (χ2v) is 6.71. The Balaban J connectivity index is 3.84. The van der Waals surface area contributed by atoms with Crippen LogP contribution in [0.1, 0.15) is 40.0 Å². The molecule has 0 heterocycles. The molecule has 0 aromatic rings. The van der Waals surface area contributed by atoms with Gasteiger partial charge in [-0.25, -0.2) is 0 Å². The number of nitrogens with two attached hydrogens (primary N) is 2. The Bertz CT molecular complexity index is 155. The van der Waals surface area contributed by atoms with Gasteiger partial charge in [0.1, 0.15) is 0 Å². The average molecular weight is 248 g/mol. The topological polar surface area (TPSA) is 70.5 Å². The Morgan fingerprint density at radius 2 is 1.62 bits per heavy atom. The molecule has 0 aliphatic heterocycles. The molecule has 0 aromatic heterocycles. The van der Waals surface area contributed by atoms with Crippen molar-refractivity contribution in [3.63, 3.8) is 0 Å². The highest BCUT2D eigenvalue weighted by molar-refractivity contribution is 6.46. The molecule has 5 heteroatoms. The predicted octanol–water partition coefficient (Wildman–Crippen LogP) is 1.13. The molecule has 0 fully saturated rings. The summed E-state index contributed by atoms with van der Waals surface area (Å²) in [5, 5.41) is 0. The van der Waals surface area contributed by atoms with Gasteiger partial charge in [0.25, 0.3) is 0 Å². The van der Waals surface area contributed by atoms with Crippen molar-refractivity contribution in [2.45, 2.75) is 51.6 Å².